The van der Waals surface area contributed by atoms with Gasteiger partial charge in [0.1, 0.15) is 24.4 Å². The fourth-order valence-electron chi connectivity index (χ4n) is 1.56. The van der Waals surface area contributed by atoms with Crippen LogP contribution in [-0.4, -0.2) is 89.9 Å². The molecule has 1 heterocycles. The van der Waals surface area contributed by atoms with Gasteiger partial charge in [0.15, 0.2) is 6.29 Å². The molecule has 0 aromatic rings. The highest BCUT2D eigenvalue weighted by atomic mass is 16.7. The van der Waals surface area contributed by atoms with Gasteiger partial charge >= 0.3 is 0 Å². The third-order valence-corrected chi connectivity index (χ3v) is 2.67. The standard InChI is InChI=1S/C10H21NO6/c1-11(2)3-4-16-10-9(15)8(14)7(13)6(5-12)17-10/h6-10,12-15H,3-5H2,1-2H3/t6-,7-,8+,9-,10-/m1/s1. The Morgan fingerprint density at radius 2 is 1.76 bits per heavy atom. The summed E-state index contributed by atoms with van der Waals surface area (Å²) in [5, 5.41) is 37.6. The van der Waals surface area contributed by atoms with Crippen molar-refractivity contribution in [3.8, 4) is 0 Å². The van der Waals surface area contributed by atoms with Crippen molar-refractivity contribution >= 4 is 0 Å². The lowest BCUT2D eigenvalue weighted by molar-refractivity contribution is -0.301. The van der Waals surface area contributed by atoms with Crippen LogP contribution in [0.3, 0.4) is 0 Å². The van der Waals surface area contributed by atoms with E-state index in [1.54, 1.807) is 0 Å². The molecule has 7 nitrogen and oxygen atoms in total. The average molecular weight is 251 g/mol. The lowest BCUT2D eigenvalue weighted by Gasteiger charge is -2.39. The molecule has 0 unspecified atom stereocenters. The Morgan fingerprint density at radius 1 is 1.12 bits per heavy atom. The van der Waals surface area contributed by atoms with E-state index in [0.29, 0.717) is 13.2 Å². The lowest BCUT2D eigenvalue weighted by atomic mass is 9.99. The quantitative estimate of drug-likeness (QED) is 0.424. The van der Waals surface area contributed by atoms with Crippen molar-refractivity contribution in [2.24, 2.45) is 0 Å². The molecular formula is C10H21NO6. The summed E-state index contributed by atoms with van der Waals surface area (Å²) in [5.74, 6) is 0. The molecule has 102 valence electrons. The Hall–Kier alpha value is -0.280. The second-order valence-corrected chi connectivity index (χ2v) is 4.37. The van der Waals surface area contributed by atoms with Gasteiger partial charge in [0, 0.05) is 6.54 Å². The van der Waals surface area contributed by atoms with Crippen LogP contribution in [0.1, 0.15) is 0 Å². The highest BCUT2D eigenvalue weighted by Gasteiger charge is 2.43. The van der Waals surface area contributed by atoms with Gasteiger partial charge in [-0.3, -0.25) is 0 Å². The lowest BCUT2D eigenvalue weighted by Crippen LogP contribution is -2.59. The summed E-state index contributed by atoms with van der Waals surface area (Å²) in [6.45, 7) is 0.503. The first kappa shape index (κ1) is 14.8. The summed E-state index contributed by atoms with van der Waals surface area (Å²) in [4.78, 5) is 1.89. The van der Waals surface area contributed by atoms with Crippen LogP contribution in [0.4, 0.5) is 0 Å². The third kappa shape index (κ3) is 3.85. The van der Waals surface area contributed by atoms with Gasteiger partial charge in [-0.05, 0) is 14.1 Å². The van der Waals surface area contributed by atoms with E-state index >= 15 is 0 Å². The fraction of sp³-hybridized carbons (Fsp3) is 1.00. The first-order chi connectivity index (χ1) is 7.97. The van der Waals surface area contributed by atoms with Crippen molar-refractivity contribution < 1.29 is 29.9 Å². The van der Waals surface area contributed by atoms with Crippen molar-refractivity contribution in [2.45, 2.75) is 30.7 Å². The average Bonchev–Trinajstić information content (AvgIpc) is 2.29. The predicted molar refractivity (Wildman–Crippen MR) is 58.3 cm³/mol. The van der Waals surface area contributed by atoms with Crippen molar-refractivity contribution in [1.29, 1.82) is 0 Å². The van der Waals surface area contributed by atoms with E-state index in [9.17, 15) is 15.3 Å². The molecule has 5 atom stereocenters. The largest absolute Gasteiger partial charge is 0.394 e. The SMILES string of the molecule is CN(C)CCO[C@@H]1O[C@H](CO)[C@@H](O)[C@H](O)[C@H]1O. The van der Waals surface area contributed by atoms with Crippen molar-refractivity contribution in [3.63, 3.8) is 0 Å². The minimum absolute atomic E-state index is 0.315. The molecule has 17 heavy (non-hydrogen) atoms. The molecule has 0 aliphatic carbocycles. The number of ether oxygens (including phenoxy) is 2. The van der Waals surface area contributed by atoms with E-state index in [1.807, 2.05) is 19.0 Å². The van der Waals surface area contributed by atoms with Crippen molar-refractivity contribution in [2.75, 3.05) is 33.9 Å². The zero-order valence-electron chi connectivity index (χ0n) is 10.1. The molecule has 0 amide bonds. The maximum atomic E-state index is 9.63. The summed E-state index contributed by atoms with van der Waals surface area (Å²) in [6.07, 6.45) is -6.01. The Bertz CT molecular complexity index is 225. The molecule has 0 spiro atoms. The molecule has 7 heteroatoms. The van der Waals surface area contributed by atoms with Crippen LogP contribution in [0, 0.1) is 0 Å². The van der Waals surface area contributed by atoms with E-state index in [4.69, 9.17) is 14.6 Å². The Labute approximate surface area is 100 Å². The van der Waals surface area contributed by atoms with Gasteiger partial charge in [-0.1, -0.05) is 0 Å². The molecule has 0 aromatic heterocycles. The van der Waals surface area contributed by atoms with E-state index in [0.717, 1.165) is 0 Å². The molecule has 4 N–H and O–H groups in total. The number of hydrogen-bond acceptors (Lipinski definition) is 7. The van der Waals surface area contributed by atoms with Gasteiger partial charge in [-0.15, -0.1) is 0 Å². The zero-order valence-corrected chi connectivity index (χ0v) is 10.1. The Kier molecular flexibility index (Phi) is 5.74. The van der Waals surface area contributed by atoms with Crippen LogP contribution in [-0.2, 0) is 9.47 Å². The molecule has 1 aliphatic heterocycles. The van der Waals surface area contributed by atoms with E-state index in [2.05, 4.69) is 0 Å². The monoisotopic (exact) mass is 251 g/mol. The van der Waals surface area contributed by atoms with Gasteiger partial charge in [0.25, 0.3) is 0 Å². The Balaban J connectivity index is 2.47. The highest BCUT2D eigenvalue weighted by molar-refractivity contribution is 4.88. The first-order valence-electron chi connectivity index (χ1n) is 5.54. The van der Waals surface area contributed by atoms with Crippen LogP contribution >= 0.6 is 0 Å². The number of rotatable bonds is 5. The smallest absolute Gasteiger partial charge is 0.186 e. The van der Waals surface area contributed by atoms with E-state index in [-0.39, 0.29) is 0 Å². The number of aliphatic hydroxyl groups excluding tert-OH is 4. The molecule has 1 aliphatic rings. The number of likely N-dealkylation sites (N-methyl/N-ethyl adjacent to an activating group) is 1. The fourth-order valence-corrected chi connectivity index (χ4v) is 1.56. The molecule has 0 saturated carbocycles. The first-order valence-corrected chi connectivity index (χ1v) is 5.54. The number of nitrogens with zero attached hydrogens (tertiary/aromatic N) is 1. The molecule has 1 fully saturated rings. The van der Waals surface area contributed by atoms with Crippen LogP contribution in [0.25, 0.3) is 0 Å². The molecule has 1 rings (SSSR count). The maximum absolute atomic E-state index is 9.63. The van der Waals surface area contributed by atoms with E-state index < -0.39 is 37.3 Å². The number of aliphatic hydroxyl groups is 4. The summed E-state index contributed by atoms with van der Waals surface area (Å²) in [5.41, 5.74) is 0. The second kappa shape index (κ2) is 6.60. The highest BCUT2D eigenvalue weighted by Crippen LogP contribution is 2.21. The van der Waals surface area contributed by atoms with Gasteiger partial charge in [0.05, 0.1) is 13.2 Å². The van der Waals surface area contributed by atoms with Crippen molar-refractivity contribution in [1.82, 2.24) is 4.90 Å². The van der Waals surface area contributed by atoms with Crippen LogP contribution < -0.4 is 0 Å². The summed E-state index contributed by atoms with van der Waals surface area (Å²) >= 11 is 0. The number of hydrogen-bond donors (Lipinski definition) is 4. The minimum atomic E-state index is -1.38. The second-order valence-electron chi connectivity index (χ2n) is 4.37. The molecular weight excluding hydrogens is 230 g/mol. The predicted octanol–water partition coefficient (Wildman–Crippen LogP) is -2.64. The van der Waals surface area contributed by atoms with Crippen LogP contribution in [0.15, 0.2) is 0 Å². The van der Waals surface area contributed by atoms with Gasteiger partial charge in [0.2, 0.25) is 0 Å². The molecule has 0 bridgehead atoms. The normalized spacial score (nSPS) is 38.6. The van der Waals surface area contributed by atoms with Gasteiger partial charge in [-0.25, -0.2) is 0 Å². The Morgan fingerprint density at radius 3 is 2.29 bits per heavy atom. The van der Waals surface area contributed by atoms with Gasteiger partial charge in [-0.2, -0.15) is 0 Å². The van der Waals surface area contributed by atoms with Crippen LogP contribution in [0.5, 0.6) is 0 Å². The molecule has 0 radical (unpaired) electrons. The minimum Gasteiger partial charge on any atom is -0.394 e. The zero-order chi connectivity index (χ0) is 13.0. The summed E-state index contributed by atoms with van der Waals surface area (Å²) < 4.78 is 10.4. The molecule has 1 saturated heterocycles. The van der Waals surface area contributed by atoms with E-state index in [1.165, 1.54) is 0 Å². The van der Waals surface area contributed by atoms with Gasteiger partial charge < -0.3 is 34.8 Å². The maximum Gasteiger partial charge on any atom is 0.186 e. The van der Waals surface area contributed by atoms with Crippen molar-refractivity contribution in [3.05, 3.63) is 0 Å². The summed E-state index contributed by atoms with van der Waals surface area (Å²) in [7, 11) is 3.74. The topological polar surface area (TPSA) is 103 Å². The molecule has 0 aromatic carbocycles. The van der Waals surface area contributed by atoms with Crippen LogP contribution in [0.2, 0.25) is 0 Å². The summed E-state index contributed by atoms with van der Waals surface area (Å²) in [6, 6.07) is 0. The third-order valence-electron chi connectivity index (χ3n) is 2.67.